The molecule has 3 aromatic rings. The Balaban J connectivity index is 1.85. The molecule has 1 unspecified atom stereocenters. The van der Waals surface area contributed by atoms with E-state index >= 15 is 0 Å². The lowest BCUT2D eigenvalue weighted by Crippen LogP contribution is -2.31. The molecule has 1 saturated heterocycles. The van der Waals surface area contributed by atoms with Gasteiger partial charge in [-0.05, 0) is 51.5 Å². The van der Waals surface area contributed by atoms with Crippen molar-refractivity contribution in [1.82, 2.24) is 14.9 Å². The first-order chi connectivity index (χ1) is 16.0. The summed E-state index contributed by atoms with van der Waals surface area (Å²) in [4.78, 5) is 22.7. The quantitative estimate of drug-likeness (QED) is 0.571. The molecule has 182 valence electrons. The summed E-state index contributed by atoms with van der Waals surface area (Å²) in [5, 5.41) is 10.1. The van der Waals surface area contributed by atoms with Crippen LogP contribution in [0.3, 0.4) is 0 Å². The number of oxazole rings is 1. The number of halogens is 3. The molecule has 3 heterocycles. The average molecular weight is 478 g/mol. The summed E-state index contributed by atoms with van der Waals surface area (Å²) in [7, 11) is 0. The normalized spacial score (nSPS) is 17.6. The van der Waals surface area contributed by atoms with Crippen LogP contribution in [0.1, 0.15) is 55.2 Å². The third kappa shape index (κ3) is 4.58. The van der Waals surface area contributed by atoms with Crippen LogP contribution in [0.5, 0.6) is 5.75 Å². The van der Waals surface area contributed by atoms with Gasteiger partial charge < -0.3 is 24.9 Å². The maximum Gasteiger partial charge on any atom is 0.433 e. The Morgan fingerprint density at radius 3 is 2.56 bits per heavy atom. The number of benzene rings is 1. The van der Waals surface area contributed by atoms with Crippen molar-refractivity contribution in [1.29, 1.82) is 0 Å². The second-order valence-corrected chi connectivity index (χ2v) is 8.58. The minimum Gasteiger partial charge on any atom is -0.489 e. The predicted octanol–water partition coefficient (Wildman–Crippen LogP) is 3.92. The number of aromatic nitrogens is 2. The number of nitrogens with two attached hydrogens (primary N) is 1. The van der Waals surface area contributed by atoms with Crippen LogP contribution >= 0.6 is 0 Å². The zero-order valence-corrected chi connectivity index (χ0v) is 18.9. The number of hydrogen-bond donors (Lipinski definition) is 2. The Labute approximate surface area is 193 Å². The van der Waals surface area contributed by atoms with Crippen molar-refractivity contribution in [2.24, 2.45) is 5.73 Å². The molecular formula is C23H25F3N4O4. The van der Waals surface area contributed by atoms with Gasteiger partial charge in [-0.15, -0.1) is 0 Å². The Morgan fingerprint density at radius 2 is 1.97 bits per heavy atom. The SMILES string of the molecule is CC(C)Oc1ccc(-c2nc(C(=O)N3CC[C@@H](O)C3)c(C(C)N)o2)c2ccc(C(F)(F)F)nc12. The molecular weight excluding hydrogens is 453 g/mol. The van der Waals surface area contributed by atoms with Crippen LogP contribution in [0.2, 0.25) is 0 Å². The largest absolute Gasteiger partial charge is 0.489 e. The number of rotatable bonds is 5. The number of aliphatic hydroxyl groups is 1. The molecule has 1 aromatic carbocycles. The van der Waals surface area contributed by atoms with E-state index in [4.69, 9.17) is 14.9 Å². The van der Waals surface area contributed by atoms with Gasteiger partial charge in [0.15, 0.2) is 11.5 Å². The molecule has 2 atom stereocenters. The van der Waals surface area contributed by atoms with E-state index in [-0.39, 0.29) is 41.3 Å². The van der Waals surface area contributed by atoms with Gasteiger partial charge in [-0.3, -0.25) is 4.79 Å². The molecule has 3 N–H and O–H groups in total. The number of β-amino-alcohol motifs (C(OH)–C–C–N with tert-alkyl or cyclic N) is 1. The summed E-state index contributed by atoms with van der Waals surface area (Å²) in [6.07, 6.45) is -5.08. The zero-order chi connectivity index (χ0) is 24.8. The van der Waals surface area contributed by atoms with Crippen molar-refractivity contribution in [2.75, 3.05) is 13.1 Å². The Hall–Kier alpha value is -3.18. The average Bonchev–Trinajstić information content (AvgIpc) is 3.39. The van der Waals surface area contributed by atoms with Gasteiger partial charge in [0.2, 0.25) is 5.89 Å². The number of amides is 1. The standard InChI is InChI=1S/C23H25F3N4O4/c1-11(2)33-16-6-4-15(14-5-7-17(23(24,25)26)28-18(14)16)21-29-19(20(34-21)12(3)27)22(32)30-9-8-13(31)10-30/h4-7,11-13,31H,8-10,27H2,1-3H3/t12?,13-/m1/s1. The van der Waals surface area contributed by atoms with Crippen molar-refractivity contribution in [3.63, 3.8) is 0 Å². The third-order valence-electron chi connectivity index (χ3n) is 5.42. The van der Waals surface area contributed by atoms with E-state index < -0.39 is 29.9 Å². The highest BCUT2D eigenvalue weighted by atomic mass is 19.4. The van der Waals surface area contributed by atoms with Gasteiger partial charge in [-0.2, -0.15) is 13.2 Å². The number of fused-ring (bicyclic) bond motifs is 1. The maximum atomic E-state index is 13.3. The van der Waals surface area contributed by atoms with Crippen LogP contribution in [-0.4, -0.2) is 51.2 Å². The fourth-order valence-electron chi connectivity index (χ4n) is 3.87. The molecule has 34 heavy (non-hydrogen) atoms. The maximum absolute atomic E-state index is 13.3. The summed E-state index contributed by atoms with van der Waals surface area (Å²) in [5.41, 5.74) is 5.31. The van der Waals surface area contributed by atoms with E-state index in [1.165, 1.54) is 17.0 Å². The Bertz CT molecular complexity index is 1220. The molecule has 0 spiro atoms. The number of pyridine rings is 1. The molecule has 4 rings (SSSR count). The number of carbonyl (C=O) groups excluding carboxylic acids is 1. The molecule has 1 amide bonds. The smallest absolute Gasteiger partial charge is 0.433 e. The van der Waals surface area contributed by atoms with Crippen LogP contribution in [0.25, 0.3) is 22.4 Å². The molecule has 0 radical (unpaired) electrons. The molecule has 11 heteroatoms. The first-order valence-electron chi connectivity index (χ1n) is 10.9. The zero-order valence-electron chi connectivity index (χ0n) is 18.9. The van der Waals surface area contributed by atoms with Crippen LogP contribution in [-0.2, 0) is 6.18 Å². The number of aliphatic hydroxyl groups excluding tert-OH is 1. The van der Waals surface area contributed by atoms with Crippen LogP contribution in [0, 0.1) is 0 Å². The van der Waals surface area contributed by atoms with E-state index in [2.05, 4.69) is 9.97 Å². The van der Waals surface area contributed by atoms with Crippen molar-refractivity contribution in [3.05, 3.63) is 41.4 Å². The van der Waals surface area contributed by atoms with Gasteiger partial charge in [0.1, 0.15) is 17.0 Å². The molecule has 0 aliphatic carbocycles. The molecule has 2 aromatic heterocycles. The second-order valence-electron chi connectivity index (χ2n) is 8.58. The highest BCUT2D eigenvalue weighted by molar-refractivity contribution is 5.98. The number of likely N-dealkylation sites (tertiary alicyclic amines) is 1. The molecule has 1 aliphatic heterocycles. The van der Waals surface area contributed by atoms with E-state index in [1.807, 2.05) is 0 Å². The molecule has 1 fully saturated rings. The van der Waals surface area contributed by atoms with Crippen molar-refractivity contribution in [2.45, 2.75) is 51.6 Å². The molecule has 0 saturated carbocycles. The van der Waals surface area contributed by atoms with Gasteiger partial charge in [0.05, 0.1) is 18.2 Å². The third-order valence-corrected chi connectivity index (χ3v) is 5.42. The summed E-state index contributed by atoms with van der Waals surface area (Å²) in [6, 6.07) is 4.58. The lowest BCUT2D eigenvalue weighted by molar-refractivity contribution is -0.140. The van der Waals surface area contributed by atoms with Crippen LogP contribution in [0.15, 0.2) is 28.7 Å². The van der Waals surface area contributed by atoms with Crippen molar-refractivity contribution in [3.8, 4) is 17.2 Å². The van der Waals surface area contributed by atoms with E-state index in [0.717, 1.165) is 6.07 Å². The van der Waals surface area contributed by atoms with E-state index in [0.29, 0.717) is 23.9 Å². The molecule has 8 nitrogen and oxygen atoms in total. The number of nitrogens with zero attached hydrogens (tertiary/aromatic N) is 3. The summed E-state index contributed by atoms with van der Waals surface area (Å²) in [6.45, 7) is 5.68. The van der Waals surface area contributed by atoms with Gasteiger partial charge in [0, 0.05) is 24.0 Å². The predicted molar refractivity (Wildman–Crippen MR) is 117 cm³/mol. The van der Waals surface area contributed by atoms with Crippen LogP contribution < -0.4 is 10.5 Å². The minimum absolute atomic E-state index is 0.00267. The lowest BCUT2D eigenvalue weighted by atomic mass is 10.1. The van der Waals surface area contributed by atoms with Crippen molar-refractivity contribution < 1.29 is 32.2 Å². The van der Waals surface area contributed by atoms with E-state index in [1.54, 1.807) is 26.8 Å². The highest BCUT2D eigenvalue weighted by Gasteiger charge is 2.34. The van der Waals surface area contributed by atoms with E-state index in [9.17, 15) is 23.1 Å². The topological polar surface area (TPSA) is 115 Å². The minimum atomic E-state index is -4.63. The summed E-state index contributed by atoms with van der Waals surface area (Å²) in [5.74, 6) is -0.0726. The number of carbonyl (C=O) groups is 1. The van der Waals surface area contributed by atoms with Crippen molar-refractivity contribution >= 4 is 16.8 Å². The number of ether oxygens (including phenoxy) is 1. The highest BCUT2D eigenvalue weighted by Crippen LogP contribution is 2.38. The van der Waals surface area contributed by atoms with Gasteiger partial charge in [-0.25, -0.2) is 9.97 Å². The van der Waals surface area contributed by atoms with Gasteiger partial charge in [-0.1, -0.05) is 0 Å². The fourth-order valence-corrected chi connectivity index (χ4v) is 3.87. The van der Waals surface area contributed by atoms with Gasteiger partial charge >= 0.3 is 6.18 Å². The summed E-state index contributed by atoms with van der Waals surface area (Å²) < 4.78 is 51.5. The summed E-state index contributed by atoms with van der Waals surface area (Å²) >= 11 is 0. The molecule has 0 bridgehead atoms. The monoisotopic (exact) mass is 478 g/mol. The fraction of sp³-hybridized carbons (Fsp3) is 0.435. The first-order valence-corrected chi connectivity index (χ1v) is 10.9. The van der Waals surface area contributed by atoms with Gasteiger partial charge in [0.25, 0.3) is 5.91 Å². The first kappa shape index (κ1) is 24.0. The lowest BCUT2D eigenvalue weighted by Gasteiger charge is -2.15. The Kier molecular flexibility index (Phi) is 6.26. The number of alkyl halides is 3. The van der Waals surface area contributed by atoms with Crippen LogP contribution in [0.4, 0.5) is 13.2 Å². The second kappa shape index (κ2) is 8.88. The Morgan fingerprint density at radius 1 is 1.24 bits per heavy atom. The molecule has 1 aliphatic rings. The number of hydrogen-bond acceptors (Lipinski definition) is 7.